The van der Waals surface area contributed by atoms with Gasteiger partial charge in [0.1, 0.15) is 0 Å². The van der Waals surface area contributed by atoms with E-state index >= 15 is 0 Å². The van der Waals surface area contributed by atoms with Crippen LogP contribution < -0.4 is 5.32 Å². The molecule has 0 fully saturated rings. The van der Waals surface area contributed by atoms with Crippen molar-refractivity contribution < 1.29 is 0 Å². The Morgan fingerprint density at radius 1 is 1.40 bits per heavy atom. The normalized spacial score (nSPS) is 14.9. The molecule has 0 amide bonds. The van der Waals surface area contributed by atoms with Gasteiger partial charge in [0.05, 0.1) is 17.6 Å². The highest BCUT2D eigenvalue weighted by atomic mass is 32.1. The monoisotopic (exact) mass is 220 g/mol. The summed E-state index contributed by atoms with van der Waals surface area (Å²) in [7, 11) is 0. The van der Waals surface area contributed by atoms with Gasteiger partial charge < -0.3 is 5.32 Å². The molecule has 0 aliphatic carbocycles. The molecule has 78 valence electrons. The lowest BCUT2D eigenvalue weighted by Gasteiger charge is -2.14. The summed E-state index contributed by atoms with van der Waals surface area (Å²) < 4.78 is 2.10. The first kappa shape index (κ1) is 8.91. The molecule has 0 unspecified atom stereocenters. The van der Waals surface area contributed by atoms with Crippen LogP contribution in [0, 0.1) is 0 Å². The third kappa shape index (κ3) is 1.63. The molecular formula is C10H12N4S. The van der Waals surface area contributed by atoms with Gasteiger partial charge in [-0.1, -0.05) is 0 Å². The third-order valence-corrected chi connectivity index (χ3v) is 3.34. The minimum atomic E-state index is 0.941. The fraction of sp³-hybridized carbons (Fsp3) is 0.400. The van der Waals surface area contributed by atoms with E-state index in [4.69, 9.17) is 0 Å². The Labute approximate surface area is 92.0 Å². The quantitative estimate of drug-likeness (QED) is 0.845. The van der Waals surface area contributed by atoms with Crippen molar-refractivity contribution in [3.63, 3.8) is 0 Å². The first-order valence-electron chi connectivity index (χ1n) is 5.15. The maximum absolute atomic E-state index is 4.37. The van der Waals surface area contributed by atoms with Gasteiger partial charge in [0, 0.05) is 18.1 Å². The fourth-order valence-electron chi connectivity index (χ4n) is 1.93. The second kappa shape index (κ2) is 3.66. The van der Waals surface area contributed by atoms with Gasteiger partial charge in [-0.15, -0.1) is 11.3 Å². The van der Waals surface area contributed by atoms with Gasteiger partial charge in [-0.05, 0) is 19.3 Å². The summed E-state index contributed by atoms with van der Waals surface area (Å²) in [5, 5.41) is 10.6. The number of aromatic nitrogens is 3. The molecule has 2 aromatic rings. The van der Waals surface area contributed by atoms with Crippen molar-refractivity contribution in [2.24, 2.45) is 0 Å². The van der Waals surface area contributed by atoms with E-state index in [9.17, 15) is 0 Å². The van der Waals surface area contributed by atoms with Gasteiger partial charge >= 0.3 is 0 Å². The van der Waals surface area contributed by atoms with Crippen LogP contribution in [0.4, 0.5) is 10.8 Å². The first-order valence-corrected chi connectivity index (χ1v) is 6.02. The van der Waals surface area contributed by atoms with Crippen molar-refractivity contribution in [3.8, 4) is 0 Å². The number of fused-ring (bicyclic) bond motifs is 1. The first-order chi connectivity index (χ1) is 7.43. The van der Waals surface area contributed by atoms with E-state index in [1.165, 1.54) is 18.5 Å². The van der Waals surface area contributed by atoms with Crippen molar-refractivity contribution >= 4 is 22.2 Å². The van der Waals surface area contributed by atoms with Gasteiger partial charge in [0.2, 0.25) is 0 Å². The standard InChI is InChI=1S/C10H12N4S/c1-2-5-14-9(3-1)8(7-12-14)13-10-11-4-6-15-10/h4,6-7H,1-3,5H2,(H,11,13). The number of thiazole rings is 1. The molecule has 0 spiro atoms. The Hall–Kier alpha value is -1.36. The smallest absolute Gasteiger partial charge is 0.187 e. The summed E-state index contributed by atoms with van der Waals surface area (Å²) >= 11 is 1.61. The van der Waals surface area contributed by atoms with Crippen molar-refractivity contribution in [1.29, 1.82) is 0 Å². The molecule has 0 saturated heterocycles. The maximum Gasteiger partial charge on any atom is 0.187 e. The molecule has 5 heteroatoms. The molecule has 0 aromatic carbocycles. The van der Waals surface area contributed by atoms with Gasteiger partial charge in [-0.3, -0.25) is 4.68 Å². The second-order valence-corrected chi connectivity index (χ2v) is 4.54. The van der Waals surface area contributed by atoms with Crippen LogP contribution in [0.2, 0.25) is 0 Å². The van der Waals surface area contributed by atoms with Crippen LogP contribution in [-0.4, -0.2) is 14.8 Å². The summed E-state index contributed by atoms with van der Waals surface area (Å²) in [5.74, 6) is 0. The lowest BCUT2D eigenvalue weighted by Crippen LogP contribution is -2.11. The van der Waals surface area contributed by atoms with Crippen molar-refractivity contribution in [1.82, 2.24) is 14.8 Å². The Kier molecular flexibility index (Phi) is 2.17. The number of hydrogen-bond acceptors (Lipinski definition) is 4. The van der Waals surface area contributed by atoms with Crippen molar-refractivity contribution in [2.75, 3.05) is 5.32 Å². The van der Waals surface area contributed by atoms with Crippen molar-refractivity contribution in [3.05, 3.63) is 23.5 Å². The summed E-state index contributed by atoms with van der Waals surface area (Å²) in [4.78, 5) is 4.21. The molecule has 2 aromatic heterocycles. The van der Waals surface area contributed by atoms with E-state index in [0.29, 0.717) is 0 Å². The predicted molar refractivity (Wildman–Crippen MR) is 60.6 cm³/mol. The van der Waals surface area contributed by atoms with Gasteiger partial charge in [0.25, 0.3) is 0 Å². The Bertz CT molecular complexity index is 446. The molecule has 1 aliphatic rings. The Balaban J connectivity index is 1.89. The highest BCUT2D eigenvalue weighted by molar-refractivity contribution is 7.13. The van der Waals surface area contributed by atoms with Crippen LogP contribution in [0.25, 0.3) is 0 Å². The summed E-state index contributed by atoms with van der Waals surface area (Å²) in [6.45, 7) is 1.05. The molecular weight excluding hydrogens is 208 g/mol. The van der Waals surface area contributed by atoms with Gasteiger partial charge in [0.15, 0.2) is 5.13 Å². The summed E-state index contributed by atoms with van der Waals surface area (Å²) in [6, 6.07) is 0. The van der Waals surface area contributed by atoms with Crippen LogP contribution in [-0.2, 0) is 13.0 Å². The summed E-state index contributed by atoms with van der Waals surface area (Å²) in [5.41, 5.74) is 2.43. The molecule has 0 saturated carbocycles. The lowest BCUT2D eigenvalue weighted by atomic mass is 10.1. The second-order valence-electron chi connectivity index (χ2n) is 3.65. The zero-order chi connectivity index (χ0) is 10.1. The largest absolute Gasteiger partial charge is 0.329 e. The van der Waals surface area contributed by atoms with Crippen LogP contribution in [0.1, 0.15) is 18.5 Å². The molecule has 3 rings (SSSR count). The van der Waals surface area contributed by atoms with E-state index in [0.717, 1.165) is 23.8 Å². The minimum absolute atomic E-state index is 0.941. The van der Waals surface area contributed by atoms with E-state index in [1.54, 1.807) is 11.3 Å². The van der Waals surface area contributed by atoms with E-state index < -0.39 is 0 Å². The topological polar surface area (TPSA) is 42.7 Å². The number of nitrogens with one attached hydrogen (secondary N) is 1. The van der Waals surface area contributed by atoms with Gasteiger partial charge in [-0.2, -0.15) is 5.10 Å². The minimum Gasteiger partial charge on any atom is -0.329 e. The number of anilines is 2. The number of hydrogen-bond donors (Lipinski definition) is 1. The zero-order valence-corrected chi connectivity index (χ0v) is 9.13. The molecule has 15 heavy (non-hydrogen) atoms. The average molecular weight is 220 g/mol. The zero-order valence-electron chi connectivity index (χ0n) is 8.31. The molecule has 0 bridgehead atoms. The molecule has 4 nitrogen and oxygen atoms in total. The highest BCUT2D eigenvalue weighted by Gasteiger charge is 2.14. The van der Waals surface area contributed by atoms with E-state index in [1.807, 2.05) is 17.8 Å². The molecule has 0 atom stereocenters. The highest BCUT2D eigenvalue weighted by Crippen LogP contribution is 2.26. The van der Waals surface area contributed by atoms with Crippen LogP contribution >= 0.6 is 11.3 Å². The maximum atomic E-state index is 4.37. The molecule has 0 radical (unpaired) electrons. The third-order valence-electron chi connectivity index (χ3n) is 2.66. The Morgan fingerprint density at radius 3 is 3.27 bits per heavy atom. The van der Waals surface area contributed by atoms with Crippen LogP contribution in [0.15, 0.2) is 17.8 Å². The van der Waals surface area contributed by atoms with E-state index in [-0.39, 0.29) is 0 Å². The number of nitrogens with zero attached hydrogens (tertiary/aromatic N) is 3. The molecule has 3 heterocycles. The van der Waals surface area contributed by atoms with Crippen LogP contribution in [0.3, 0.4) is 0 Å². The predicted octanol–water partition coefficient (Wildman–Crippen LogP) is 2.42. The van der Waals surface area contributed by atoms with Crippen LogP contribution in [0.5, 0.6) is 0 Å². The number of aryl methyl sites for hydroxylation is 1. The Morgan fingerprint density at radius 2 is 2.40 bits per heavy atom. The fourth-order valence-corrected chi connectivity index (χ4v) is 2.47. The molecule has 1 aliphatic heterocycles. The lowest BCUT2D eigenvalue weighted by molar-refractivity contribution is 0.487. The van der Waals surface area contributed by atoms with Crippen molar-refractivity contribution in [2.45, 2.75) is 25.8 Å². The average Bonchev–Trinajstić information content (AvgIpc) is 2.89. The number of rotatable bonds is 2. The summed E-state index contributed by atoms with van der Waals surface area (Å²) in [6.07, 6.45) is 7.34. The molecule has 1 N–H and O–H groups in total. The van der Waals surface area contributed by atoms with E-state index in [2.05, 4.69) is 20.1 Å². The van der Waals surface area contributed by atoms with Gasteiger partial charge in [-0.25, -0.2) is 4.98 Å². The SMILES string of the molecule is c1csc(Nc2cnn3c2CCCC3)n1.